The Labute approximate surface area is 122 Å². The zero-order chi connectivity index (χ0) is 15.7. The molecule has 1 aromatic carbocycles. The normalized spacial score (nSPS) is 11.3. The lowest BCUT2D eigenvalue weighted by Crippen LogP contribution is -2.20. The molecule has 0 fully saturated rings. The lowest BCUT2D eigenvalue weighted by Gasteiger charge is -2.11. The summed E-state index contributed by atoms with van der Waals surface area (Å²) in [7, 11) is 1.36. The van der Waals surface area contributed by atoms with Crippen LogP contribution in [0.25, 0.3) is 0 Å². The fourth-order valence-electron chi connectivity index (χ4n) is 1.52. The Hall–Kier alpha value is -2.37. The van der Waals surface area contributed by atoms with Gasteiger partial charge in [0.15, 0.2) is 11.5 Å². The van der Waals surface area contributed by atoms with E-state index in [0.717, 1.165) is 0 Å². The third-order valence-electron chi connectivity index (χ3n) is 2.46. The summed E-state index contributed by atoms with van der Waals surface area (Å²) in [4.78, 5) is 11.5. The fourth-order valence-corrected chi connectivity index (χ4v) is 1.52. The number of methoxy groups -OCH3 is 1. The van der Waals surface area contributed by atoms with E-state index >= 15 is 0 Å². The summed E-state index contributed by atoms with van der Waals surface area (Å²) in [5.41, 5.74) is 0.709. The number of allylic oxidation sites excluding steroid dienone is 3. The summed E-state index contributed by atoms with van der Waals surface area (Å²) in [5, 5.41) is 2.67. The van der Waals surface area contributed by atoms with Gasteiger partial charge in [-0.15, -0.1) is 0 Å². The molecule has 0 saturated heterocycles. The first-order chi connectivity index (χ1) is 10.1. The number of rotatable bonds is 7. The standard InChI is InChI=1S/C15H17F2NO3/c1-3-4-5-6-14(19)18-10-11-7-8-12(21-15(16)17)13(9-11)20-2/h3-9,15H,10H2,1-2H3,(H,18,19)/b4-3+,6-5+. The molecule has 1 aromatic rings. The maximum absolute atomic E-state index is 12.2. The molecule has 0 atom stereocenters. The maximum atomic E-state index is 12.2. The van der Waals surface area contributed by atoms with E-state index in [0.29, 0.717) is 5.56 Å². The molecule has 0 aliphatic carbocycles. The van der Waals surface area contributed by atoms with Crippen LogP contribution in [0.4, 0.5) is 8.78 Å². The molecule has 21 heavy (non-hydrogen) atoms. The number of nitrogens with one attached hydrogen (secondary N) is 1. The second-order valence-corrected chi connectivity index (χ2v) is 3.97. The Morgan fingerprint density at radius 3 is 2.71 bits per heavy atom. The minimum atomic E-state index is -2.92. The molecule has 0 spiro atoms. The Kier molecular flexibility index (Phi) is 6.94. The van der Waals surface area contributed by atoms with Gasteiger partial charge in [-0.1, -0.05) is 24.3 Å². The van der Waals surface area contributed by atoms with E-state index < -0.39 is 6.61 Å². The van der Waals surface area contributed by atoms with Gasteiger partial charge in [-0.2, -0.15) is 8.78 Å². The minimum absolute atomic E-state index is 0.0458. The van der Waals surface area contributed by atoms with Gasteiger partial charge in [-0.05, 0) is 24.6 Å². The smallest absolute Gasteiger partial charge is 0.387 e. The van der Waals surface area contributed by atoms with E-state index in [-0.39, 0.29) is 24.0 Å². The van der Waals surface area contributed by atoms with Crippen LogP contribution in [0.5, 0.6) is 11.5 Å². The van der Waals surface area contributed by atoms with E-state index in [9.17, 15) is 13.6 Å². The number of hydrogen-bond donors (Lipinski definition) is 1. The molecule has 0 aliphatic heterocycles. The van der Waals surface area contributed by atoms with Crippen LogP contribution in [0.15, 0.2) is 42.5 Å². The van der Waals surface area contributed by atoms with E-state index in [4.69, 9.17) is 4.74 Å². The number of hydrogen-bond acceptors (Lipinski definition) is 3. The predicted molar refractivity (Wildman–Crippen MR) is 75.4 cm³/mol. The Bertz CT molecular complexity index is 528. The van der Waals surface area contributed by atoms with Crippen molar-refractivity contribution in [2.45, 2.75) is 20.1 Å². The number of alkyl halides is 2. The van der Waals surface area contributed by atoms with Gasteiger partial charge in [-0.25, -0.2) is 0 Å². The van der Waals surface area contributed by atoms with Crippen molar-refractivity contribution < 1.29 is 23.0 Å². The SMILES string of the molecule is C/C=C/C=C/C(=O)NCc1ccc(OC(F)F)c(OC)c1. The minimum Gasteiger partial charge on any atom is -0.493 e. The van der Waals surface area contributed by atoms with Crippen molar-refractivity contribution in [2.24, 2.45) is 0 Å². The molecule has 1 rings (SSSR count). The van der Waals surface area contributed by atoms with Gasteiger partial charge in [0, 0.05) is 12.6 Å². The van der Waals surface area contributed by atoms with Crippen molar-refractivity contribution in [3.63, 3.8) is 0 Å². The molecule has 0 aromatic heterocycles. The summed E-state index contributed by atoms with van der Waals surface area (Å²) in [6.07, 6.45) is 6.55. The number of halogens is 2. The van der Waals surface area contributed by atoms with Gasteiger partial charge in [0.25, 0.3) is 0 Å². The van der Waals surface area contributed by atoms with Crippen LogP contribution in [0.1, 0.15) is 12.5 Å². The first kappa shape index (κ1) is 16.7. The summed E-state index contributed by atoms with van der Waals surface area (Å²) in [6, 6.07) is 4.49. The van der Waals surface area contributed by atoms with Crippen LogP contribution in [0.2, 0.25) is 0 Å². The quantitative estimate of drug-likeness (QED) is 0.621. The van der Waals surface area contributed by atoms with Crippen LogP contribution in [-0.4, -0.2) is 19.6 Å². The van der Waals surface area contributed by atoms with Gasteiger partial charge < -0.3 is 14.8 Å². The van der Waals surface area contributed by atoms with Crippen LogP contribution in [0, 0.1) is 0 Å². The summed E-state index contributed by atoms with van der Waals surface area (Å²) >= 11 is 0. The highest BCUT2D eigenvalue weighted by Crippen LogP contribution is 2.29. The average molecular weight is 297 g/mol. The third kappa shape index (κ3) is 6.07. The highest BCUT2D eigenvalue weighted by molar-refractivity contribution is 5.87. The lowest BCUT2D eigenvalue weighted by molar-refractivity contribution is -0.116. The number of ether oxygens (including phenoxy) is 2. The number of amides is 1. The average Bonchev–Trinajstić information content (AvgIpc) is 2.46. The monoisotopic (exact) mass is 297 g/mol. The Morgan fingerprint density at radius 1 is 1.33 bits per heavy atom. The maximum Gasteiger partial charge on any atom is 0.387 e. The number of carbonyl (C=O) groups excluding carboxylic acids is 1. The number of benzene rings is 1. The third-order valence-corrected chi connectivity index (χ3v) is 2.46. The van der Waals surface area contributed by atoms with Crippen molar-refractivity contribution in [1.29, 1.82) is 0 Å². The van der Waals surface area contributed by atoms with Crippen molar-refractivity contribution in [3.8, 4) is 11.5 Å². The second-order valence-electron chi connectivity index (χ2n) is 3.97. The first-order valence-electron chi connectivity index (χ1n) is 6.25. The van der Waals surface area contributed by atoms with Crippen LogP contribution in [-0.2, 0) is 11.3 Å². The highest BCUT2D eigenvalue weighted by atomic mass is 19.3. The highest BCUT2D eigenvalue weighted by Gasteiger charge is 2.11. The topological polar surface area (TPSA) is 47.6 Å². The molecular formula is C15H17F2NO3. The predicted octanol–water partition coefficient (Wildman–Crippen LogP) is 3.05. The molecular weight excluding hydrogens is 280 g/mol. The van der Waals surface area contributed by atoms with E-state index in [2.05, 4.69) is 10.1 Å². The fraction of sp³-hybridized carbons (Fsp3) is 0.267. The molecule has 0 heterocycles. The molecule has 0 aliphatic rings. The van der Waals surface area contributed by atoms with E-state index in [1.807, 2.05) is 6.92 Å². The van der Waals surface area contributed by atoms with Gasteiger partial charge in [0.2, 0.25) is 5.91 Å². The van der Waals surface area contributed by atoms with E-state index in [1.165, 1.54) is 25.3 Å². The molecule has 0 bridgehead atoms. The molecule has 0 radical (unpaired) electrons. The van der Waals surface area contributed by atoms with Gasteiger partial charge in [-0.3, -0.25) is 4.79 Å². The Morgan fingerprint density at radius 2 is 2.10 bits per heavy atom. The second kappa shape index (κ2) is 8.73. The van der Waals surface area contributed by atoms with Gasteiger partial charge >= 0.3 is 6.61 Å². The summed E-state index contributed by atoms with van der Waals surface area (Å²) in [5.74, 6) is -0.109. The van der Waals surface area contributed by atoms with Crippen LogP contribution >= 0.6 is 0 Å². The zero-order valence-electron chi connectivity index (χ0n) is 11.8. The van der Waals surface area contributed by atoms with Gasteiger partial charge in [0.1, 0.15) is 0 Å². The molecule has 114 valence electrons. The summed E-state index contributed by atoms with van der Waals surface area (Å²) in [6.45, 7) is -0.816. The molecule has 0 saturated carbocycles. The van der Waals surface area contributed by atoms with Crippen molar-refractivity contribution >= 4 is 5.91 Å². The molecule has 0 unspecified atom stereocenters. The lowest BCUT2D eigenvalue weighted by atomic mass is 10.2. The van der Waals surface area contributed by atoms with Crippen LogP contribution in [0.3, 0.4) is 0 Å². The first-order valence-corrected chi connectivity index (χ1v) is 6.25. The largest absolute Gasteiger partial charge is 0.493 e. The van der Waals surface area contributed by atoms with Crippen molar-refractivity contribution in [3.05, 3.63) is 48.1 Å². The number of carbonyl (C=O) groups is 1. The molecule has 1 amide bonds. The molecule has 6 heteroatoms. The van der Waals surface area contributed by atoms with E-state index in [1.54, 1.807) is 24.3 Å². The van der Waals surface area contributed by atoms with Crippen LogP contribution < -0.4 is 14.8 Å². The zero-order valence-corrected chi connectivity index (χ0v) is 11.8. The van der Waals surface area contributed by atoms with Crippen molar-refractivity contribution in [2.75, 3.05) is 7.11 Å². The Balaban J connectivity index is 2.66. The molecule has 4 nitrogen and oxygen atoms in total. The molecule has 1 N–H and O–H groups in total. The van der Waals surface area contributed by atoms with Crippen molar-refractivity contribution in [1.82, 2.24) is 5.32 Å². The van der Waals surface area contributed by atoms with Gasteiger partial charge in [0.05, 0.1) is 7.11 Å². The summed E-state index contributed by atoms with van der Waals surface area (Å²) < 4.78 is 33.7.